The zero-order chi connectivity index (χ0) is 14.4. The maximum atomic E-state index is 12.3. The van der Waals surface area contributed by atoms with Crippen LogP contribution in [0.2, 0.25) is 0 Å². The summed E-state index contributed by atoms with van der Waals surface area (Å²) < 4.78 is 5.07. The van der Waals surface area contributed by atoms with Gasteiger partial charge in [-0.2, -0.15) is 0 Å². The lowest BCUT2D eigenvalue weighted by Gasteiger charge is -2.29. The molecule has 1 aromatic heterocycles. The molecule has 2 rings (SSSR count). The zero-order valence-corrected chi connectivity index (χ0v) is 12.0. The monoisotopic (exact) mass is 277 g/mol. The van der Waals surface area contributed by atoms with Crippen molar-refractivity contribution < 1.29 is 9.53 Å². The fourth-order valence-corrected chi connectivity index (χ4v) is 2.83. The Labute approximate surface area is 119 Å². The number of hydrogen-bond acceptors (Lipinski definition) is 4. The molecular formula is C15H23N3O2. The SMILES string of the molecule is COc1cc(CNC(=O)C2CCCCC2CN)ccn1. The summed E-state index contributed by atoms with van der Waals surface area (Å²) in [4.78, 5) is 16.3. The highest BCUT2D eigenvalue weighted by molar-refractivity contribution is 5.79. The molecule has 1 aliphatic rings. The molecule has 1 aromatic rings. The van der Waals surface area contributed by atoms with Gasteiger partial charge in [0.05, 0.1) is 7.11 Å². The van der Waals surface area contributed by atoms with E-state index < -0.39 is 0 Å². The van der Waals surface area contributed by atoms with Crippen LogP contribution in [-0.2, 0) is 11.3 Å². The molecule has 110 valence electrons. The first-order valence-electron chi connectivity index (χ1n) is 7.21. The highest BCUT2D eigenvalue weighted by Gasteiger charge is 2.29. The number of ether oxygens (including phenoxy) is 1. The van der Waals surface area contributed by atoms with E-state index >= 15 is 0 Å². The summed E-state index contributed by atoms with van der Waals surface area (Å²) in [5.74, 6) is 1.08. The average Bonchev–Trinajstić information content (AvgIpc) is 2.52. The maximum Gasteiger partial charge on any atom is 0.223 e. The van der Waals surface area contributed by atoms with Gasteiger partial charge in [-0.15, -0.1) is 0 Å². The van der Waals surface area contributed by atoms with E-state index in [1.54, 1.807) is 13.3 Å². The number of carbonyl (C=O) groups excluding carboxylic acids is 1. The molecule has 1 heterocycles. The number of pyridine rings is 1. The van der Waals surface area contributed by atoms with Gasteiger partial charge in [0.1, 0.15) is 0 Å². The van der Waals surface area contributed by atoms with Crippen LogP contribution in [0.15, 0.2) is 18.3 Å². The molecule has 2 atom stereocenters. The number of aromatic nitrogens is 1. The molecule has 0 saturated heterocycles. The van der Waals surface area contributed by atoms with Crippen molar-refractivity contribution >= 4 is 5.91 Å². The summed E-state index contributed by atoms with van der Waals surface area (Å²) >= 11 is 0. The summed E-state index contributed by atoms with van der Waals surface area (Å²) in [6.07, 6.45) is 6.01. The Morgan fingerprint density at radius 1 is 1.50 bits per heavy atom. The molecule has 0 aromatic carbocycles. The Hall–Kier alpha value is -1.62. The zero-order valence-electron chi connectivity index (χ0n) is 12.0. The molecule has 0 radical (unpaired) electrons. The third-order valence-electron chi connectivity index (χ3n) is 4.02. The van der Waals surface area contributed by atoms with Crippen LogP contribution in [0.25, 0.3) is 0 Å². The van der Waals surface area contributed by atoms with Crippen LogP contribution in [0.4, 0.5) is 0 Å². The lowest BCUT2D eigenvalue weighted by atomic mass is 9.79. The Morgan fingerprint density at radius 2 is 2.30 bits per heavy atom. The molecule has 1 saturated carbocycles. The van der Waals surface area contributed by atoms with E-state index in [0.717, 1.165) is 24.8 Å². The number of carbonyl (C=O) groups is 1. The van der Waals surface area contributed by atoms with Crippen LogP contribution < -0.4 is 15.8 Å². The van der Waals surface area contributed by atoms with Crippen molar-refractivity contribution in [2.24, 2.45) is 17.6 Å². The second-order valence-corrected chi connectivity index (χ2v) is 5.31. The minimum Gasteiger partial charge on any atom is -0.481 e. The molecule has 1 amide bonds. The Balaban J connectivity index is 1.90. The number of nitrogens with zero attached hydrogens (tertiary/aromatic N) is 1. The van der Waals surface area contributed by atoms with Gasteiger partial charge >= 0.3 is 0 Å². The molecule has 5 nitrogen and oxygen atoms in total. The van der Waals surface area contributed by atoms with E-state index in [1.165, 1.54) is 6.42 Å². The number of methoxy groups -OCH3 is 1. The van der Waals surface area contributed by atoms with Crippen LogP contribution in [0.1, 0.15) is 31.2 Å². The largest absolute Gasteiger partial charge is 0.481 e. The first kappa shape index (κ1) is 14.8. The number of hydrogen-bond donors (Lipinski definition) is 2. The Morgan fingerprint density at radius 3 is 3.05 bits per heavy atom. The number of rotatable bonds is 5. The van der Waals surface area contributed by atoms with Gasteiger partial charge in [0.2, 0.25) is 11.8 Å². The third kappa shape index (κ3) is 3.70. The second kappa shape index (κ2) is 7.24. The third-order valence-corrected chi connectivity index (χ3v) is 4.02. The smallest absolute Gasteiger partial charge is 0.223 e. The van der Waals surface area contributed by atoms with Gasteiger partial charge in [-0.05, 0) is 36.9 Å². The van der Waals surface area contributed by atoms with Crippen molar-refractivity contribution in [3.63, 3.8) is 0 Å². The molecule has 5 heteroatoms. The molecule has 3 N–H and O–H groups in total. The van der Waals surface area contributed by atoms with Gasteiger partial charge in [0, 0.05) is 24.7 Å². The molecule has 0 aliphatic heterocycles. The Bertz CT molecular complexity index is 450. The average molecular weight is 277 g/mol. The molecule has 20 heavy (non-hydrogen) atoms. The standard InChI is InChI=1S/C15H23N3O2/c1-20-14-8-11(6-7-17-14)10-18-15(19)13-5-3-2-4-12(13)9-16/h6-8,12-13H,2-5,9-10,16H2,1H3,(H,18,19). The predicted molar refractivity (Wildman–Crippen MR) is 77.1 cm³/mol. The molecule has 1 fully saturated rings. The summed E-state index contributed by atoms with van der Waals surface area (Å²) in [5.41, 5.74) is 6.76. The second-order valence-electron chi connectivity index (χ2n) is 5.31. The van der Waals surface area contributed by atoms with Gasteiger partial charge in [-0.25, -0.2) is 4.98 Å². The van der Waals surface area contributed by atoms with E-state index in [9.17, 15) is 4.79 Å². The summed E-state index contributed by atoms with van der Waals surface area (Å²) in [5, 5.41) is 3.01. The summed E-state index contributed by atoms with van der Waals surface area (Å²) in [6.45, 7) is 1.10. The van der Waals surface area contributed by atoms with E-state index in [1.807, 2.05) is 12.1 Å². The van der Waals surface area contributed by atoms with Crippen LogP contribution in [0.3, 0.4) is 0 Å². The summed E-state index contributed by atoms with van der Waals surface area (Å²) in [7, 11) is 1.58. The van der Waals surface area contributed by atoms with Crippen LogP contribution >= 0.6 is 0 Å². The fraction of sp³-hybridized carbons (Fsp3) is 0.600. The topological polar surface area (TPSA) is 77.2 Å². The quantitative estimate of drug-likeness (QED) is 0.854. The van der Waals surface area contributed by atoms with Gasteiger partial charge in [-0.1, -0.05) is 12.8 Å². The van der Waals surface area contributed by atoms with Crippen LogP contribution in [0.5, 0.6) is 5.88 Å². The van der Waals surface area contributed by atoms with Crippen LogP contribution in [0, 0.1) is 11.8 Å². The van der Waals surface area contributed by atoms with Gasteiger partial charge in [0.15, 0.2) is 0 Å². The normalized spacial score (nSPS) is 22.3. The number of amides is 1. The maximum absolute atomic E-state index is 12.3. The molecule has 2 unspecified atom stereocenters. The van der Waals surface area contributed by atoms with Gasteiger partial charge < -0.3 is 15.8 Å². The van der Waals surface area contributed by atoms with Crippen LogP contribution in [-0.4, -0.2) is 24.5 Å². The lowest BCUT2D eigenvalue weighted by molar-refractivity contribution is -0.127. The minimum atomic E-state index is 0.0671. The van der Waals surface area contributed by atoms with Crippen molar-refractivity contribution in [3.05, 3.63) is 23.9 Å². The van der Waals surface area contributed by atoms with Crippen molar-refractivity contribution in [1.82, 2.24) is 10.3 Å². The highest BCUT2D eigenvalue weighted by atomic mass is 16.5. The van der Waals surface area contributed by atoms with Crippen molar-refractivity contribution in [3.8, 4) is 5.88 Å². The lowest BCUT2D eigenvalue weighted by Crippen LogP contribution is -2.39. The van der Waals surface area contributed by atoms with Gasteiger partial charge in [-0.3, -0.25) is 4.79 Å². The molecule has 1 aliphatic carbocycles. The van der Waals surface area contributed by atoms with E-state index in [-0.39, 0.29) is 11.8 Å². The molecule has 0 spiro atoms. The highest BCUT2D eigenvalue weighted by Crippen LogP contribution is 2.29. The first-order valence-corrected chi connectivity index (χ1v) is 7.21. The van der Waals surface area contributed by atoms with Crippen molar-refractivity contribution in [2.75, 3.05) is 13.7 Å². The Kier molecular flexibility index (Phi) is 5.35. The first-order chi connectivity index (χ1) is 9.74. The van der Waals surface area contributed by atoms with E-state index in [4.69, 9.17) is 10.5 Å². The van der Waals surface area contributed by atoms with Crippen molar-refractivity contribution in [1.29, 1.82) is 0 Å². The summed E-state index contributed by atoms with van der Waals surface area (Å²) in [6, 6.07) is 3.71. The molecular weight excluding hydrogens is 254 g/mol. The van der Waals surface area contributed by atoms with Gasteiger partial charge in [0.25, 0.3) is 0 Å². The minimum absolute atomic E-state index is 0.0671. The van der Waals surface area contributed by atoms with E-state index in [2.05, 4.69) is 10.3 Å². The fourth-order valence-electron chi connectivity index (χ4n) is 2.83. The number of nitrogens with one attached hydrogen (secondary N) is 1. The van der Waals surface area contributed by atoms with Crippen molar-refractivity contribution in [2.45, 2.75) is 32.2 Å². The molecule has 0 bridgehead atoms. The number of nitrogens with two attached hydrogens (primary N) is 1. The van der Waals surface area contributed by atoms with E-state index in [0.29, 0.717) is 24.9 Å². The predicted octanol–water partition coefficient (Wildman–Crippen LogP) is 1.47.